The fourth-order valence-corrected chi connectivity index (χ4v) is 3.44. The number of carboxylic acid groups (broad SMARTS) is 1. The number of rotatable bonds is 2. The van der Waals surface area contributed by atoms with Crippen LogP contribution < -0.4 is 0 Å². The summed E-state index contributed by atoms with van der Waals surface area (Å²) in [5.41, 5.74) is 1.66. The summed E-state index contributed by atoms with van der Waals surface area (Å²) in [6.45, 7) is 4.05. The molecule has 2 heterocycles. The first-order valence-electron chi connectivity index (χ1n) is 7.22. The summed E-state index contributed by atoms with van der Waals surface area (Å²) in [7, 11) is 0. The Morgan fingerprint density at radius 1 is 1.30 bits per heavy atom. The van der Waals surface area contributed by atoms with Gasteiger partial charge in [0.15, 0.2) is 11.9 Å². The largest absolute Gasteiger partial charge is 0.479 e. The Balaban J connectivity index is 1.90. The van der Waals surface area contributed by atoms with Gasteiger partial charge in [-0.2, -0.15) is 0 Å². The van der Waals surface area contributed by atoms with Crippen LogP contribution >= 0.6 is 15.9 Å². The number of furan rings is 1. The van der Waals surface area contributed by atoms with Gasteiger partial charge < -0.3 is 19.2 Å². The van der Waals surface area contributed by atoms with Crippen molar-refractivity contribution in [2.75, 3.05) is 13.1 Å². The number of aliphatic carboxylic acids is 1. The number of carboxylic acids is 1. The van der Waals surface area contributed by atoms with Crippen molar-refractivity contribution in [1.82, 2.24) is 4.90 Å². The molecule has 0 spiro atoms. The van der Waals surface area contributed by atoms with E-state index >= 15 is 0 Å². The van der Waals surface area contributed by atoms with Crippen LogP contribution in [-0.2, 0) is 9.53 Å². The second-order valence-corrected chi connectivity index (χ2v) is 6.61. The van der Waals surface area contributed by atoms with Crippen molar-refractivity contribution < 1.29 is 23.8 Å². The fraction of sp³-hybridized carbons (Fsp3) is 0.375. The lowest BCUT2D eigenvalue weighted by Crippen LogP contribution is -2.51. The minimum absolute atomic E-state index is 0.00967. The number of carbonyl (C=O) groups is 2. The molecule has 23 heavy (non-hydrogen) atoms. The average Bonchev–Trinajstić information content (AvgIpc) is 2.89. The molecule has 0 aliphatic carbocycles. The van der Waals surface area contributed by atoms with Gasteiger partial charge in [0.05, 0.1) is 17.1 Å². The first kappa shape index (κ1) is 16.0. The summed E-state index contributed by atoms with van der Waals surface area (Å²) < 4.78 is 11.8. The summed E-state index contributed by atoms with van der Waals surface area (Å²) in [6.07, 6.45) is -1.35. The number of hydrogen-bond donors (Lipinski definition) is 1. The van der Waals surface area contributed by atoms with E-state index in [0.717, 1.165) is 15.4 Å². The summed E-state index contributed by atoms with van der Waals surface area (Å²) >= 11 is 3.43. The average molecular weight is 382 g/mol. The zero-order valence-electron chi connectivity index (χ0n) is 12.7. The lowest BCUT2D eigenvalue weighted by atomic mass is 10.1. The van der Waals surface area contributed by atoms with E-state index in [9.17, 15) is 9.59 Å². The van der Waals surface area contributed by atoms with Crippen molar-refractivity contribution in [3.8, 4) is 0 Å². The maximum atomic E-state index is 12.6. The van der Waals surface area contributed by atoms with Gasteiger partial charge in [0, 0.05) is 11.9 Å². The van der Waals surface area contributed by atoms with Crippen molar-refractivity contribution in [3.63, 3.8) is 0 Å². The Kier molecular flexibility index (Phi) is 4.16. The van der Waals surface area contributed by atoms with Crippen LogP contribution in [0.1, 0.15) is 23.0 Å². The van der Waals surface area contributed by atoms with Gasteiger partial charge in [0.25, 0.3) is 5.91 Å². The minimum Gasteiger partial charge on any atom is -0.479 e. The second-order valence-electron chi connectivity index (χ2n) is 5.76. The van der Waals surface area contributed by atoms with Gasteiger partial charge in [0.1, 0.15) is 5.58 Å². The molecule has 1 unspecified atom stereocenters. The van der Waals surface area contributed by atoms with Crippen molar-refractivity contribution in [3.05, 3.63) is 34.0 Å². The number of hydrogen-bond acceptors (Lipinski definition) is 4. The van der Waals surface area contributed by atoms with E-state index in [1.54, 1.807) is 13.0 Å². The van der Waals surface area contributed by atoms with E-state index < -0.39 is 12.1 Å². The van der Waals surface area contributed by atoms with E-state index in [0.29, 0.717) is 12.1 Å². The molecule has 1 aromatic carbocycles. The Hall–Kier alpha value is -1.86. The number of benzene rings is 1. The number of halogens is 1. The molecule has 1 aliphatic heterocycles. The molecule has 1 N–H and O–H groups in total. The van der Waals surface area contributed by atoms with Crippen LogP contribution in [0.15, 0.2) is 27.1 Å². The number of morpholine rings is 1. The second kappa shape index (κ2) is 5.98. The molecular formula is C16H16BrNO5. The van der Waals surface area contributed by atoms with Crippen LogP contribution in [-0.4, -0.2) is 47.2 Å². The monoisotopic (exact) mass is 381 g/mol. The van der Waals surface area contributed by atoms with Gasteiger partial charge in [-0.25, -0.2) is 4.79 Å². The van der Waals surface area contributed by atoms with E-state index in [1.165, 1.54) is 4.90 Å². The topological polar surface area (TPSA) is 80.0 Å². The number of amides is 1. The van der Waals surface area contributed by atoms with E-state index in [1.807, 2.05) is 19.1 Å². The number of fused-ring (bicyclic) bond motifs is 1. The first-order valence-corrected chi connectivity index (χ1v) is 8.01. The summed E-state index contributed by atoms with van der Waals surface area (Å²) in [6, 6.07) is 5.53. The fourth-order valence-electron chi connectivity index (χ4n) is 2.77. The molecule has 0 saturated carbocycles. The molecule has 3 rings (SSSR count). The highest BCUT2D eigenvalue weighted by molar-refractivity contribution is 9.10. The molecule has 1 fully saturated rings. The van der Waals surface area contributed by atoms with Crippen molar-refractivity contribution in [2.45, 2.75) is 26.1 Å². The lowest BCUT2D eigenvalue weighted by Gasteiger charge is -2.34. The summed E-state index contributed by atoms with van der Waals surface area (Å²) in [5, 5.41) is 9.94. The molecule has 1 saturated heterocycles. The first-order chi connectivity index (χ1) is 10.8. The minimum atomic E-state index is -1.07. The van der Waals surface area contributed by atoms with Crippen LogP contribution in [0.2, 0.25) is 0 Å². The quantitative estimate of drug-likeness (QED) is 0.864. The Bertz CT molecular complexity index is 784. The van der Waals surface area contributed by atoms with E-state index in [2.05, 4.69) is 15.9 Å². The molecule has 0 bridgehead atoms. The van der Waals surface area contributed by atoms with Crippen molar-refractivity contribution in [2.24, 2.45) is 0 Å². The number of ether oxygens (including phenoxy) is 1. The number of carbonyl (C=O) groups excluding carboxylic acids is 1. The molecule has 2 aromatic rings. The Morgan fingerprint density at radius 3 is 2.74 bits per heavy atom. The highest BCUT2D eigenvalue weighted by Crippen LogP contribution is 2.29. The Morgan fingerprint density at radius 2 is 2.04 bits per heavy atom. The summed E-state index contributed by atoms with van der Waals surface area (Å²) in [5.74, 6) is -1.20. The molecule has 122 valence electrons. The Labute approximate surface area is 141 Å². The number of nitrogens with zero attached hydrogens (tertiary/aromatic N) is 1. The third-order valence-electron chi connectivity index (χ3n) is 3.75. The van der Waals surface area contributed by atoms with Crippen molar-refractivity contribution >= 4 is 38.8 Å². The van der Waals surface area contributed by atoms with E-state index in [-0.39, 0.29) is 24.3 Å². The molecule has 2 atom stereocenters. The van der Waals surface area contributed by atoms with Crippen LogP contribution in [0.25, 0.3) is 11.0 Å². The maximum absolute atomic E-state index is 12.6. The van der Waals surface area contributed by atoms with Gasteiger partial charge in [-0.15, -0.1) is 0 Å². The van der Waals surface area contributed by atoms with Crippen molar-refractivity contribution in [1.29, 1.82) is 0 Å². The molecule has 7 heteroatoms. The predicted octanol–water partition coefficient (Wildman–Crippen LogP) is 2.82. The smallest absolute Gasteiger partial charge is 0.334 e. The molecule has 1 amide bonds. The standard InChI is InChI=1S/C16H16BrNO5/c1-8-3-10-5-12(23-14(10)11(17)4-8)15(19)18-6-9(2)22-13(7-18)16(20)21/h3-5,9,13H,6-7H2,1-2H3,(H,20,21)/t9-,13?/m1/s1. The van der Waals surface area contributed by atoms with Gasteiger partial charge in [0.2, 0.25) is 0 Å². The van der Waals surface area contributed by atoms with Gasteiger partial charge in [-0.3, -0.25) is 4.79 Å². The van der Waals surface area contributed by atoms with Crippen LogP contribution in [0.3, 0.4) is 0 Å². The zero-order valence-corrected chi connectivity index (χ0v) is 14.3. The molecule has 6 nitrogen and oxygen atoms in total. The zero-order chi connectivity index (χ0) is 16.7. The number of aryl methyl sites for hydroxylation is 1. The van der Waals surface area contributed by atoms with Crippen LogP contribution in [0, 0.1) is 6.92 Å². The highest BCUT2D eigenvalue weighted by atomic mass is 79.9. The predicted molar refractivity (Wildman–Crippen MR) is 86.5 cm³/mol. The van der Waals surface area contributed by atoms with Gasteiger partial charge >= 0.3 is 5.97 Å². The molecule has 1 aromatic heterocycles. The normalized spacial score (nSPS) is 21.6. The third-order valence-corrected chi connectivity index (χ3v) is 4.34. The third kappa shape index (κ3) is 3.11. The highest BCUT2D eigenvalue weighted by Gasteiger charge is 2.34. The van der Waals surface area contributed by atoms with Gasteiger partial charge in [-0.05, 0) is 53.5 Å². The van der Waals surface area contributed by atoms with E-state index in [4.69, 9.17) is 14.3 Å². The summed E-state index contributed by atoms with van der Waals surface area (Å²) in [4.78, 5) is 25.2. The molecule has 1 aliphatic rings. The van der Waals surface area contributed by atoms with Crippen LogP contribution in [0.5, 0.6) is 0 Å². The SMILES string of the molecule is Cc1cc(Br)c2oc(C(=O)N3CC(C(=O)O)O[C@H](C)C3)cc2c1. The molecular weight excluding hydrogens is 366 g/mol. The molecule has 0 radical (unpaired) electrons. The van der Waals surface area contributed by atoms with Gasteiger partial charge in [-0.1, -0.05) is 0 Å². The van der Waals surface area contributed by atoms with Crippen LogP contribution in [0.4, 0.5) is 0 Å². The maximum Gasteiger partial charge on any atom is 0.334 e. The lowest BCUT2D eigenvalue weighted by molar-refractivity contribution is -0.160.